The van der Waals surface area contributed by atoms with Crippen molar-refractivity contribution in [3.05, 3.63) is 28.5 Å². The van der Waals surface area contributed by atoms with E-state index in [1.165, 1.54) is 0 Å². The van der Waals surface area contributed by atoms with Gasteiger partial charge in [-0.3, -0.25) is 4.79 Å². The van der Waals surface area contributed by atoms with Crippen LogP contribution in [0.1, 0.15) is 10.4 Å². The van der Waals surface area contributed by atoms with Gasteiger partial charge in [-0.25, -0.2) is 0 Å². The van der Waals surface area contributed by atoms with Gasteiger partial charge >= 0.3 is 0 Å². The molecule has 1 rings (SSSR count). The molecule has 0 saturated heterocycles. The number of nitrogens with zero attached hydrogens (tertiary/aromatic N) is 1. The van der Waals surface area contributed by atoms with E-state index in [2.05, 4.69) is 10.3 Å². The molecule has 13 heavy (non-hydrogen) atoms. The number of carbonyl (C=O) groups is 1. The van der Waals surface area contributed by atoms with Gasteiger partial charge in [0.15, 0.2) is 0 Å². The molecule has 0 aliphatic heterocycles. The number of amides is 1. The van der Waals surface area contributed by atoms with E-state index in [0.29, 0.717) is 10.2 Å². The zero-order valence-electron chi connectivity index (χ0n) is 6.70. The lowest BCUT2D eigenvalue weighted by molar-refractivity contribution is 0.0957. The highest BCUT2D eigenvalue weighted by atomic mass is 32.1. The summed E-state index contributed by atoms with van der Waals surface area (Å²) in [6.07, 6.45) is 1.64. The number of hydrogen-bond donors (Lipinski definition) is 2. The van der Waals surface area contributed by atoms with Crippen LogP contribution in [0.25, 0.3) is 0 Å². The van der Waals surface area contributed by atoms with E-state index in [0.717, 1.165) is 0 Å². The first-order valence-corrected chi connectivity index (χ1v) is 3.99. The van der Waals surface area contributed by atoms with Crippen LogP contribution < -0.4 is 5.32 Å². The van der Waals surface area contributed by atoms with Gasteiger partial charge in [0, 0.05) is 6.20 Å². The van der Waals surface area contributed by atoms with Crippen molar-refractivity contribution in [3.63, 3.8) is 0 Å². The van der Waals surface area contributed by atoms with E-state index in [4.69, 9.17) is 17.5 Å². The van der Waals surface area contributed by atoms with Crippen molar-refractivity contribution in [2.24, 2.45) is 0 Å². The summed E-state index contributed by atoms with van der Waals surface area (Å²) in [5, 5.41) is 10.6. The third-order valence-electron chi connectivity index (χ3n) is 1.39. The molecule has 0 atom stereocenters. The Morgan fingerprint density at radius 1 is 1.77 bits per heavy atom. The van der Waals surface area contributed by atoms with E-state index >= 15 is 0 Å². The highest BCUT2D eigenvalue weighted by molar-refractivity contribution is 7.71. The van der Waals surface area contributed by atoms with Gasteiger partial charge < -0.3 is 10.3 Å². The number of aromatic amines is 1. The number of rotatable bonds is 2. The molecule has 0 spiro atoms. The molecule has 0 aliphatic carbocycles. The van der Waals surface area contributed by atoms with Gasteiger partial charge in [0.05, 0.1) is 11.6 Å². The minimum Gasteiger partial charge on any atom is -0.352 e. The maximum Gasteiger partial charge on any atom is 0.255 e. The number of H-pyrrole nitrogens is 1. The van der Waals surface area contributed by atoms with Crippen molar-refractivity contribution < 1.29 is 4.79 Å². The predicted octanol–water partition coefficient (Wildman–Crippen LogP) is 0.998. The van der Waals surface area contributed by atoms with Gasteiger partial charge in [-0.2, -0.15) is 5.26 Å². The molecule has 4 nitrogen and oxygen atoms in total. The van der Waals surface area contributed by atoms with Crippen molar-refractivity contribution in [2.75, 3.05) is 6.54 Å². The molecule has 66 valence electrons. The summed E-state index contributed by atoms with van der Waals surface area (Å²) in [5.74, 6) is -0.330. The van der Waals surface area contributed by atoms with Crippen molar-refractivity contribution in [1.82, 2.24) is 10.3 Å². The van der Waals surface area contributed by atoms with Gasteiger partial charge in [-0.1, -0.05) is 12.2 Å². The fraction of sp³-hybridized carbons (Fsp3) is 0.125. The van der Waals surface area contributed by atoms with Crippen molar-refractivity contribution in [2.45, 2.75) is 0 Å². The van der Waals surface area contributed by atoms with E-state index in [1.54, 1.807) is 18.3 Å². The Morgan fingerprint density at radius 3 is 3.15 bits per heavy atom. The fourth-order valence-corrected chi connectivity index (χ4v) is 1.04. The molecule has 5 heteroatoms. The predicted molar refractivity (Wildman–Crippen MR) is 49.6 cm³/mol. The molecule has 1 heterocycles. The highest BCUT2D eigenvalue weighted by Crippen LogP contribution is 1.98. The number of aromatic nitrogens is 1. The van der Waals surface area contributed by atoms with Gasteiger partial charge in [-0.05, 0) is 12.1 Å². The van der Waals surface area contributed by atoms with Crippen LogP contribution in [0.5, 0.6) is 0 Å². The molecule has 0 saturated carbocycles. The van der Waals surface area contributed by atoms with E-state index < -0.39 is 0 Å². The number of pyridine rings is 1. The molecule has 0 unspecified atom stereocenters. The zero-order valence-corrected chi connectivity index (χ0v) is 7.52. The van der Waals surface area contributed by atoms with E-state index in [9.17, 15) is 4.79 Å². The molecule has 0 aliphatic rings. The Kier molecular flexibility index (Phi) is 3.17. The van der Waals surface area contributed by atoms with Crippen LogP contribution in [0.2, 0.25) is 0 Å². The first kappa shape index (κ1) is 9.42. The molecule has 2 N–H and O–H groups in total. The van der Waals surface area contributed by atoms with Crippen LogP contribution in [0, 0.1) is 16.0 Å². The highest BCUT2D eigenvalue weighted by Gasteiger charge is 2.04. The third-order valence-corrected chi connectivity index (χ3v) is 1.73. The number of nitrogens with one attached hydrogen (secondary N) is 2. The van der Waals surface area contributed by atoms with Crippen LogP contribution >= 0.6 is 12.2 Å². The Hall–Kier alpha value is -1.67. The second kappa shape index (κ2) is 4.38. The average molecular weight is 193 g/mol. The normalized spacial score (nSPS) is 8.85. The Balaban J connectivity index is 2.85. The summed E-state index contributed by atoms with van der Waals surface area (Å²) >= 11 is 4.88. The second-order valence-electron chi connectivity index (χ2n) is 2.25. The molecule has 1 aromatic heterocycles. The quantitative estimate of drug-likeness (QED) is 0.543. The molecule has 0 fully saturated rings. The molecule has 0 aromatic carbocycles. The molecule has 0 bridgehead atoms. The maximum absolute atomic E-state index is 11.3. The van der Waals surface area contributed by atoms with Gasteiger partial charge in [0.1, 0.15) is 11.2 Å². The van der Waals surface area contributed by atoms with Crippen LogP contribution in [0.4, 0.5) is 0 Å². The molecule has 1 aromatic rings. The van der Waals surface area contributed by atoms with Crippen molar-refractivity contribution >= 4 is 18.1 Å². The minimum atomic E-state index is -0.330. The standard InChI is InChI=1S/C8H7N3OS/c9-3-5-10-7(12)6-2-1-4-11-8(6)13/h1-2,4H,5H2,(H,10,12)(H,11,13). The van der Waals surface area contributed by atoms with Gasteiger partial charge in [-0.15, -0.1) is 0 Å². The topological polar surface area (TPSA) is 68.7 Å². The first-order valence-electron chi connectivity index (χ1n) is 3.58. The monoisotopic (exact) mass is 193 g/mol. The average Bonchev–Trinajstić information content (AvgIpc) is 2.15. The van der Waals surface area contributed by atoms with Gasteiger partial charge in [0.25, 0.3) is 5.91 Å². The smallest absolute Gasteiger partial charge is 0.255 e. The van der Waals surface area contributed by atoms with Crippen LogP contribution in [0.3, 0.4) is 0 Å². The number of nitriles is 1. The summed E-state index contributed by atoms with van der Waals surface area (Å²) in [6, 6.07) is 5.09. The summed E-state index contributed by atoms with van der Waals surface area (Å²) < 4.78 is 0.373. The van der Waals surface area contributed by atoms with Gasteiger partial charge in [0.2, 0.25) is 0 Å². The largest absolute Gasteiger partial charge is 0.352 e. The van der Waals surface area contributed by atoms with Crippen molar-refractivity contribution in [1.29, 1.82) is 5.26 Å². The fourth-order valence-electron chi connectivity index (χ4n) is 0.815. The van der Waals surface area contributed by atoms with E-state index in [1.807, 2.05) is 6.07 Å². The summed E-state index contributed by atoms with van der Waals surface area (Å²) in [7, 11) is 0. The summed E-state index contributed by atoms with van der Waals surface area (Å²) in [6.45, 7) is -0.0114. The molecule has 1 amide bonds. The molecular formula is C8H7N3OS. The lowest BCUT2D eigenvalue weighted by Gasteiger charge is -1.99. The lowest BCUT2D eigenvalue weighted by Crippen LogP contribution is -2.23. The van der Waals surface area contributed by atoms with Crippen LogP contribution in [-0.4, -0.2) is 17.4 Å². The Bertz CT molecular complexity index is 404. The Morgan fingerprint density at radius 2 is 2.54 bits per heavy atom. The zero-order chi connectivity index (χ0) is 9.68. The van der Waals surface area contributed by atoms with Crippen LogP contribution in [-0.2, 0) is 0 Å². The minimum absolute atomic E-state index is 0.0114. The van der Waals surface area contributed by atoms with Crippen LogP contribution in [0.15, 0.2) is 18.3 Å². The third kappa shape index (κ3) is 2.39. The number of carbonyl (C=O) groups excluding carboxylic acids is 1. The molecular weight excluding hydrogens is 186 g/mol. The SMILES string of the molecule is N#CCNC(=O)c1ccc[nH]c1=S. The lowest BCUT2D eigenvalue weighted by atomic mass is 10.3. The summed E-state index contributed by atoms with van der Waals surface area (Å²) in [4.78, 5) is 14.0. The number of hydrogen-bond acceptors (Lipinski definition) is 3. The van der Waals surface area contributed by atoms with Crippen molar-refractivity contribution in [3.8, 4) is 6.07 Å². The second-order valence-corrected chi connectivity index (χ2v) is 2.66. The molecule has 0 radical (unpaired) electrons. The summed E-state index contributed by atoms with van der Waals surface area (Å²) in [5.41, 5.74) is 0.382. The maximum atomic E-state index is 11.3. The first-order chi connectivity index (χ1) is 6.25. The Labute approximate surface area is 80.2 Å². The van der Waals surface area contributed by atoms with E-state index in [-0.39, 0.29) is 12.5 Å².